The van der Waals surface area contributed by atoms with Crippen molar-refractivity contribution < 1.29 is 9.90 Å². The van der Waals surface area contributed by atoms with E-state index in [1.54, 1.807) is 25.1 Å². The lowest BCUT2D eigenvalue weighted by molar-refractivity contribution is 0.0575. The summed E-state index contributed by atoms with van der Waals surface area (Å²) in [6.07, 6.45) is 3.46. The second-order valence-electron chi connectivity index (χ2n) is 6.13. The predicted molar refractivity (Wildman–Crippen MR) is 79.8 cm³/mol. The Morgan fingerprint density at radius 2 is 2.38 bits per heavy atom. The van der Waals surface area contributed by atoms with Crippen molar-refractivity contribution >= 4 is 17.5 Å². The topological polar surface area (TPSA) is 96.4 Å². The molecule has 0 saturated carbocycles. The number of amides is 1. The van der Waals surface area contributed by atoms with Gasteiger partial charge in [0.25, 0.3) is 5.91 Å². The van der Waals surface area contributed by atoms with Crippen LogP contribution in [0.15, 0.2) is 6.20 Å². The zero-order valence-corrected chi connectivity index (χ0v) is 13.1. The molecule has 0 bridgehead atoms. The Balaban J connectivity index is 2.02. The Labute approximate surface area is 129 Å². The van der Waals surface area contributed by atoms with Crippen LogP contribution in [0.4, 0.5) is 0 Å². The lowest BCUT2D eigenvalue weighted by atomic mass is 10.1. The van der Waals surface area contributed by atoms with E-state index in [-0.39, 0.29) is 23.6 Å². The molecule has 8 heteroatoms. The number of halogens is 1. The fraction of sp³-hybridized carbons (Fsp3) is 0.692. The minimum Gasteiger partial charge on any atom is -0.389 e. The molecule has 1 aliphatic rings. The molecule has 1 aromatic rings. The number of aromatic nitrogens is 2. The minimum atomic E-state index is -0.928. The zero-order chi connectivity index (χ0) is 15.6. The van der Waals surface area contributed by atoms with Crippen molar-refractivity contribution in [1.82, 2.24) is 20.2 Å². The fourth-order valence-electron chi connectivity index (χ4n) is 2.34. The Morgan fingerprint density at radius 1 is 1.67 bits per heavy atom. The van der Waals surface area contributed by atoms with Gasteiger partial charge < -0.3 is 10.8 Å². The number of carbonyl (C=O) groups is 1. The Kier molecular flexibility index (Phi) is 4.88. The van der Waals surface area contributed by atoms with Crippen LogP contribution in [0.2, 0.25) is 5.15 Å². The number of hydrogen-bond acceptors (Lipinski definition) is 5. The van der Waals surface area contributed by atoms with Crippen LogP contribution < -0.4 is 11.2 Å². The summed E-state index contributed by atoms with van der Waals surface area (Å²) < 4.78 is 1.47. The van der Waals surface area contributed by atoms with Gasteiger partial charge in [-0.05, 0) is 26.7 Å². The second kappa shape index (κ2) is 6.31. The monoisotopic (exact) mass is 315 g/mol. The van der Waals surface area contributed by atoms with Crippen molar-refractivity contribution in [2.75, 3.05) is 13.1 Å². The van der Waals surface area contributed by atoms with Gasteiger partial charge in [0.15, 0.2) is 5.15 Å². The lowest BCUT2D eigenvalue weighted by Crippen LogP contribution is -2.51. The number of piperidine rings is 1. The number of aliphatic hydroxyl groups is 1. The summed E-state index contributed by atoms with van der Waals surface area (Å²) in [5.74, 6) is -0.309. The van der Waals surface area contributed by atoms with Gasteiger partial charge in [-0.15, -0.1) is 0 Å². The zero-order valence-electron chi connectivity index (χ0n) is 12.3. The van der Waals surface area contributed by atoms with Crippen LogP contribution in [0.1, 0.15) is 37.0 Å². The van der Waals surface area contributed by atoms with E-state index in [0.717, 1.165) is 19.4 Å². The second-order valence-corrected chi connectivity index (χ2v) is 6.49. The van der Waals surface area contributed by atoms with E-state index in [9.17, 15) is 9.90 Å². The van der Waals surface area contributed by atoms with Crippen molar-refractivity contribution in [1.29, 1.82) is 0 Å². The molecule has 21 heavy (non-hydrogen) atoms. The molecule has 0 unspecified atom stereocenters. The molecule has 1 fully saturated rings. The van der Waals surface area contributed by atoms with Crippen molar-refractivity contribution in [2.45, 2.75) is 44.9 Å². The Hall–Kier alpha value is -1.15. The van der Waals surface area contributed by atoms with Crippen LogP contribution in [0, 0.1) is 0 Å². The quantitative estimate of drug-likeness (QED) is 0.746. The van der Waals surface area contributed by atoms with E-state index < -0.39 is 5.60 Å². The molecule has 1 amide bonds. The highest BCUT2D eigenvalue weighted by Gasteiger charge is 2.23. The standard InChI is InChI=1S/C13H22ClN5O2/c1-13(2,21)8-19-7-10(11(14)16-19)12(20)17-18-5-3-4-9(15)6-18/h7,9,21H,3-6,8,15H2,1-2H3,(H,17,20)/t9-/m0/s1. The average molecular weight is 316 g/mol. The van der Waals surface area contributed by atoms with Crippen LogP contribution in [-0.4, -0.2) is 50.5 Å². The molecule has 1 aliphatic heterocycles. The summed E-state index contributed by atoms with van der Waals surface area (Å²) in [4.78, 5) is 12.2. The number of nitrogens with two attached hydrogens (primary N) is 1. The maximum Gasteiger partial charge on any atom is 0.270 e. The fourth-order valence-corrected chi connectivity index (χ4v) is 2.57. The third kappa shape index (κ3) is 4.67. The number of carbonyl (C=O) groups excluding carboxylic acids is 1. The highest BCUT2D eigenvalue weighted by atomic mass is 35.5. The van der Waals surface area contributed by atoms with Gasteiger partial charge in [-0.2, -0.15) is 5.10 Å². The first-order valence-corrected chi connectivity index (χ1v) is 7.39. The molecule has 0 spiro atoms. The molecule has 1 atom stereocenters. The highest BCUT2D eigenvalue weighted by molar-refractivity contribution is 6.32. The molecule has 4 N–H and O–H groups in total. The van der Waals surface area contributed by atoms with Crippen molar-refractivity contribution in [3.8, 4) is 0 Å². The van der Waals surface area contributed by atoms with Gasteiger partial charge in [-0.1, -0.05) is 11.6 Å². The average Bonchev–Trinajstić information content (AvgIpc) is 2.67. The van der Waals surface area contributed by atoms with Crippen LogP contribution in [0.3, 0.4) is 0 Å². The highest BCUT2D eigenvalue weighted by Crippen LogP contribution is 2.16. The molecule has 2 rings (SSSR count). The summed E-state index contributed by atoms with van der Waals surface area (Å²) in [6, 6.07) is 0.0763. The number of hydrogen-bond donors (Lipinski definition) is 3. The van der Waals surface area contributed by atoms with E-state index in [1.165, 1.54) is 4.68 Å². The van der Waals surface area contributed by atoms with Crippen molar-refractivity contribution in [3.63, 3.8) is 0 Å². The molecule has 1 aromatic heterocycles. The number of rotatable bonds is 4. The van der Waals surface area contributed by atoms with Crippen molar-refractivity contribution in [3.05, 3.63) is 16.9 Å². The van der Waals surface area contributed by atoms with Crippen LogP contribution in [-0.2, 0) is 6.54 Å². The summed E-state index contributed by atoms with van der Waals surface area (Å²) in [6.45, 7) is 4.99. The van der Waals surface area contributed by atoms with Gasteiger partial charge in [-0.3, -0.25) is 14.9 Å². The van der Waals surface area contributed by atoms with Gasteiger partial charge in [0.2, 0.25) is 0 Å². The van der Waals surface area contributed by atoms with E-state index in [0.29, 0.717) is 12.1 Å². The third-order valence-corrected chi connectivity index (χ3v) is 3.51. The normalized spacial score (nSPS) is 20.5. The first kappa shape index (κ1) is 16.2. The number of hydrazine groups is 1. The van der Waals surface area contributed by atoms with Crippen LogP contribution in [0.5, 0.6) is 0 Å². The minimum absolute atomic E-state index is 0.0763. The maximum atomic E-state index is 12.2. The lowest BCUT2D eigenvalue weighted by Gasteiger charge is -2.30. The molecule has 7 nitrogen and oxygen atoms in total. The van der Waals surface area contributed by atoms with Gasteiger partial charge in [0, 0.05) is 25.3 Å². The van der Waals surface area contributed by atoms with Gasteiger partial charge in [-0.25, -0.2) is 5.01 Å². The third-order valence-electron chi connectivity index (χ3n) is 3.23. The van der Waals surface area contributed by atoms with Gasteiger partial charge in [0.1, 0.15) is 0 Å². The van der Waals surface area contributed by atoms with Gasteiger partial charge in [0.05, 0.1) is 17.7 Å². The summed E-state index contributed by atoms with van der Waals surface area (Å²) in [7, 11) is 0. The number of nitrogens with zero attached hydrogens (tertiary/aromatic N) is 3. The van der Waals surface area contributed by atoms with Crippen LogP contribution in [0.25, 0.3) is 0 Å². The first-order valence-electron chi connectivity index (χ1n) is 7.01. The largest absolute Gasteiger partial charge is 0.389 e. The molecule has 2 heterocycles. The SMILES string of the molecule is CC(C)(O)Cn1cc(C(=O)NN2CCC[C@H](N)C2)c(Cl)n1. The van der Waals surface area contributed by atoms with E-state index in [2.05, 4.69) is 10.5 Å². The van der Waals surface area contributed by atoms with E-state index in [4.69, 9.17) is 17.3 Å². The maximum absolute atomic E-state index is 12.2. The Bertz CT molecular complexity index is 511. The van der Waals surface area contributed by atoms with Crippen LogP contribution >= 0.6 is 11.6 Å². The van der Waals surface area contributed by atoms with Gasteiger partial charge >= 0.3 is 0 Å². The van der Waals surface area contributed by atoms with E-state index >= 15 is 0 Å². The molecule has 0 radical (unpaired) electrons. The number of nitrogens with one attached hydrogen (secondary N) is 1. The smallest absolute Gasteiger partial charge is 0.270 e. The molecular weight excluding hydrogens is 294 g/mol. The molecule has 0 aromatic carbocycles. The Morgan fingerprint density at radius 3 is 3.00 bits per heavy atom. The molecule has 1 saturated heterocycles. The summed E-state index contributed by atoms with van der Waals surface area (Å²) in [5.41, 5.74) is 8.04. The van der Waals surface area contributed by atoms with E-state index in [1.807, 2.05) is 0 Å². The first-order chi connectivity index (χ1) is 9.74. The molecular formula is C13H22ClN5O2. The van der Waals surface area contributed by atoms with Crippen molar-refractivity contribution in [2.24, 2.45) is 5.73 Å². The summed E-state index contributed by atoms with van der Waals surface area (Å²) >= 11 is 6.00. The molecule has 118 valence electrons. The summed E-state index contributed by atoms with van der Waals surface area (Å²) in [5, 5.41) is 15.7. The predicted octanol–water partition coefficient (Wildman–Crippen LogP) is 0.375. The molecule has 0 aliphatic carbocycles.